The van der Waals surface area contributed by atoms with E-state index in [1.807, 2.05) is 53.2 Å². The number of nitrogens with one attached hydrogen (secondary N) is 2. The molecule has 184 valence electrons. The van der Waals surface area contributed by atoms with Gasteiger partial charge in [0.15, 0.2) is 11.5 Å². The van der Waals surface area contributed by atoms with Gasteiger partial charge in [0, 0.05) is 49.6 Å². The van der Waals surface area contributed by atoms with Gasteiger partial charge in [0.2, 0.25) is 0 Å². The van der Waals surface area contributed by atoms with Crippen molar-refractivity contribution < 1.29 is 14.0 Å². The number of urea groups is 1. The largest absolute Gasteiger partial charge is 0.337 e. The van der Waals surface area contributed by atoms with Gasteiger partial charge in [-0.15, -0.1) is 0 Å². The number of hydrogen-bond acceptors (Lipinski definition) is 4. The van der Waals surface area contributed by atoms with E-state index in [4.69, 9.17) is 0 Å². The molecule has 9 heteroatoms. The molecule has 1 aromatic carbocycles. The van der Waals surface area contributed by atoms with Crippen molar-refractivity contribution in [2.24, 2.45) is 0 Å². The summed E-state index contributed by atoms with van der Waals surface area (Å²) in [4.78, 5) is 35.1. The molecule has 1 saturated heterocycles. The molecule has 0 unspecified atom stereocenters. The fourth-order valence-corrected chi connectivity index (χ4v) is 4.51. The van der Waals surface area contributed by atoms with Crippen LogP contribution in [0.15, 0.2) is 67.1 Å². The maximum atomic E-state index is 14.1. The minimum absolute atomic E-state index is 0.107. The van der Waals surface area contributed by atoms with Crippen molar-refractivity contribution in [1.82, 2.24) is 24.6 Å². The Morgan fingerprint density at radius 1 is 1.06 bits per heavy atom. The molecule has 1 aliphatic rings. The van der Waals surface area contributed by atoms with Gasteiger partial charge in [0.25, 0.3) is 5.91 Å². The lowest BCUT2D eigenvalue weighted by atomic mass is 9.89. The first kappa shape index (κ1) is 23.5. The monoisotopic (exact) mass is 486 g/mol. The second-order valence-corrected chi connectivity index (χ2v) is 9.01. The summed E-state index contributed by atoms with van der Waals surface area (Å²) in [7, 11) is 0. The van der Waals surface area contributed by atoms with Crippen LogP contribution in [0.4, 0.5) is 14.9 Å². The van der Waals surface area contributed by atoms with Crippen molar-refractivity contribution in [2.45, 2.75) is 32.2 Å². The Labute approximate surface area is 208 Å². The number of carbonyl (C=O) groups is 2. The predicted molar refractivity (Wildman–Crippen MR) is 134 cm³/mol. The summed E-state index contributed by atoms with van der Waals surface area (Å²) in [5.41, 5.74) is 4.16. The van der Waals surface area contributed by atoms with Crippen LogP contribution in [-0.4, -0.2) is 44.3 Å². The lowest BCUT2D eigenvalue weighted by Gasteiger charge is -2.32. The molecular formula is C27H27FN6O2. The van der Waals surface area contributed by atoms with Crippen molar-refractivity contribution in [3.05, 3.63) is 95.5 Å². The summed E-state index contributed by atoms with van der Waals surface area (Å²) in [6.07, 6.45) is 7.08. The fourth-order valence-electron chi connectivity index (χ4n) is 4.51. The molecule has 0 aliphatic carbocycles. The van der Waals surface area contributed by atoms with E-state index in [-0.39, 0.29) is 17.6 Å². The Kier molecular flexibility index (Phi) is 6.62. The number of imidazole rings is 1. The van der Waals surface area contributed by atoms with Crippen LogP contribution in [0.3, 0.4) is 0 Å². The molecule has 5 rings (SSSR count). The van der Waals surface area contributed by atoms with Gasteiger partial charge >= 0.3 is 6.03 Å². The van der Waals surface area contributed by atoms with Gasteiger partial charge in [-0.25, -0.2) is 19.2 Å². The van der Waals surface area contributed by atoms with Gasteiger partial charge in [-0.3, -0.25) is 4.79 Å². The van der Waals surface area contributed by atoms with Gasteiger partial charge in [-0.1, -0.05) is 12.1 Å². The zero-order valence-electron chi connectivity index (χ0n) is 19.9. The number of likely N-dealkylation sites (tertiary alicyclic amines) is 1. The Balaban J connectivity index is 1.11. The summed E-state index contributed by atoms with van der Waals surface area (Å²) < 4.78 is 16.0. The van der Waals surface area contributed by atoms with E-state index in [0.717, 1.165) is 29.6 Å². The number of carbonyl (C=O) groups excluding carboxylic acids is 2. The molecule has 3 amide bonds. The van der Waals surface area contributed by atoms with Gasteiger partial charge in [-0.2, -0.15) is 0 Å². The Morgan fingerprint density at radius 2 is 1.83 bits per heavy atom. The van der Waals surface area contributed by atoms with Crippen molar-refractivity contribution in [3.63, 3.8) is 0 Å². The lowest BCUT2D eigenvalue weighted by Crippen LogP contribution is -2.38. The smallest absolute Gasteiger partial charge is 0.319 e. The van der Waals surface area contributed by atoms with Crippen LogP contribution in [0.1, 0.15) is 46.1 Å². The van der Waals surface area contributed by atoms with Crippen molar-refractivity contribution in [1.29, 1.82) is 0 Å². The van der Waals surface area contributed by atoms with Crippen LogP contribution < -0.4 is 10.6 Å². The number of benzene rings is 1. The number of rotatable bonds is 5. The molecule has 4 heterocycles. The highest BCUT2D eigenvalue weighted by molar-refractivity contribution is 5.92. The third kappa shape index (κ3) is 5.19. The number of piperidine rings is 1. The molecule has 3 aromatic heterocycles. The minimum Gasteiger partial charge on any atom is -0.337 e. The van der Waals surface area contributed by atoms with E-state index in [2.05, 4.69) is 20.6 Å². The zero-order valence-corrected chi connectivity index (χ0v) is 19.9. The number of fused-ring (bicyclic) bond motifs is 1. The van der Waals surface area contributed by atoms with Crippen LogP contribution in [0.5, 0.6) is 0 Å². The molecule has 36 heavy (non-hydrogen) atoms. The minimum atomic E-state index is -0.584. The number of halogens is 1. The zero-order chi connectivity index (χ0) is 25.1. The highest BCUT2D eigenvalue weighted by Crippen LogP contribution is 2.29. The summed E-state index contributed by atoms with van der Waals surface area (Å²) >= 11 is 0. The Hall–Kier alpha value is -4.27. The third-order valence-corrected chi connectivity index (χ3v) is 6.53. The highest BCUT2D eigenvalue weighted by Gasteiger charge is 2.27. The SMILES string of the molecule is Cc1ccc(F)c(C(=O)N2CCC(c3ccc(NC(=O)NCc4ccn5ccnc5c4)cc3)CC2)n1. The molecule has 2 N–H and O–H groups in total. The molecule has 0 saturated carbocycles. The molecular weight excluding hydrogens is 459 g/mol. The molecule has 1 aliphatic heterocycles. The molecule has 0 bridgehead atoms. The summed E-state index contributed by atoms with van der Waals surface area (Å²) in [6, 6.07) is 14.2. The maximum absolute atomic E-state index is 14.1. The Bertz CT molecular complexity index is 1390. The first-order chi connectivity index (χ1) is 17.5. The van der Waals surface area contributed by atoms with Crippen LogP contribution in [-0.2, 0) is 6.54 Å². The number of nitrogens with zero attached hydrogens (tertiary/aromatic N) is 4. The van der Waals surface area contributed by atoms with Crippen LogP contribution >= 0.6 is 0 Å². The van der Waals surface area contributed by atoms with Crippen LogP contribution in [0.25, 0.3) is 5.65 Å². The summed E-state index contributed by atoms with van der Waals surface area (Å²) in [5, 5.41) is 5.72. The second kappa shape index (κ2) is 10.2. The average Bonchev–Trinajstić information content (AvgIpc) is 3.37. The quantitative estimate of drug-likeness (QED) is 0.434. The van der Waals surface area contributed by atoms with E-state index in [1.54, 1.807) is 24.1 Å². The van der Waals surface area contributed by atoms with Crippen molar-refractivity contribution in [3.8, 4) is 0 Å². The summed E-state index contributed by atoms with van der Waals surface area (Å²) in [5.74, 6) is -0.645. The third-order valence-electron chi connectivity index (χ3n) is 6.53. The van der Waals surface area contributed by atoms with Crippen LogP contribution in [0.2, 0.25) is 0 Å². The first-order valence-corrected chi connectivity index (χ1v) is 11.9. The summed E-state index contributed by atoms with van der Waals surface area (Å²) in [6.45, 7) is 3.23. The molecule has 4 aromatic rings. The van der Waals surface area contributed by atoms with Gasteiger partial charge in [-0.05, 0) is 73.2 Å². The predicted octanol–water partition coefficient (Wildman–Crippen LogP) is 4.52. The van der Waals surface area contributed by atoms with E-state index < -0.39 is 5.82 Å². The van der Waals surface area contributed by atoms with Crippen molar-refractivity contribution >= 4 is 23.3 Å². The fraction of sp³-hybridized carbons (Fsp3) is 0.259. The first-order valence-electron chi connectivity index (χ1n) is 11.9. The van der Waals surface area contributed by atoms with E-state index in [1.165, 1.54) is 6.07 Å². The van der Waals surface area contributed by atoms with E-state index in [9.17, 15) is 14.0 Å². The lowest BCUT2D eigenvalue weighted by molar-refractivity contribution is 0.0701. The number of aryl methyl sites for hydroxylation is 1. The number of hydrogen-bond donors (Lipinski definition) is 2. The normalized spacial score (nSPS) is 14.1. The second-order valence-electron chi connectivity index (χ2n) is 9.01. The average molecular weight is 487 g/mol. The highest BCUT2D eigenvalue weighted by atomic mass is 19.1. The van der Waals surface area contributed by atoms with Crippen molar-refractivity contribution in [2.75, 3.05) is 18.4 Å². The van der Waals surface area contributed by atoms with E-state index in [0.29, 0.717) is 36.9 Å². The standard InChI is InChI=1S/C27H27FN6O2/c1-18-2-7-23(28)25(31-18)26(35)34-13-9-21(10-14-34)20-3-5-22(6-4-20)32-27(36)30-17-19-8-12-33-15-11-29-24(33)16-19/h2-8,11-12,15-16,21H,9-10,13-14,17H2,1H3,(H2,30,32,36). The molecule has 1 fully saturated rings. The molecule has 0 spiro atoms. The van der Waals surface area contributed by atoms with E-state index >= 15 is 0 Å². The number of anilines is 1. The number of amides is 3. The Morgan fingerprint density at radius 3 is 2.61 bits per heavy atom. The molecule has 0 atom stereocenters. The number of aromatic nitrogens is 3. The maximum Gasteiger partial charge on any atom is 0.319 e. The molecule has 8 nitrogen and oxygen atoms in total. The van der Waals surface area contributed by atoms with Gasteiger partial charge in [0.05, 0.1) is 0 Å². The van der Waals surface area contributed by atoms with Gasteiger partial charge in [0.1, 0.15) is 5.65 Å². The number of pyridine rings is 2. The van der Waals surface area contributed by atoms with Crippen LogP contribution in [0, 0.1) is 12.7 Å². The van der Waals surface area contributed by atoms with Gasteiger partial charge < -0.3 is 19.9 Å². The molecule has 0 radical (unpaired) electrons. The topological polar surface area (TPSA) is 91.6 Å².